The topological polar surface area (TPSA) is 20.3 Å². The van der Waals surface area contributed by atoms with Crippen LogP contribution < -0.4 is 4.90 Å². The van der Waals surface area contributed by atoms with E-state index in [2.05, 4.69) is 109 Å². The minimum Gasteiger partial charge on any atom is -0.311 e. The summed E-state index contributed by atoms with van der Waals surface area (Å²) in [5.41, 5.74) is 8.22. The maximum absolute atomic E-state index is 11.1. The standard InChI is InChI=1S/C32H27NOS/c1-2-6-24-9-15-28(16-10-24)33(29-17-11-26(12-18-29)25-7-4-3-5-8-25)30-19-13-27(14-20-30)32-22-21-31(23-34)35-32/h3-5,7-23H,2,6H2,1H3. The average molecular weight is 474 g/mol. The molecular formula is C32H27NOS. The third-order valence-electron chi connectivity index (χ3n) is 6.12. The van der Waals surface area contributed by atoms with E-state index >= 15 is 0 Å². The Morgan fingerprint density at radius 3 is 1.71 bits per heavy atom. The van der Waals surface area contributed by atoms with Gasteiger partial charge in [-0.15, -0.1) is 11.3 Å². The van der Waals surface area contributed by atoms with Crippen molar-refractivity contribution >= 4 is 34.7 Å². The highest BCUT2D eigenvalue weighted by Gasteiger charge is 2.13. The largest absolute Gasteiger partial charge is 0.311 e. The van der Waals surface area contributed by atoms with Gasteiger partial charge in [0.1, 0.15) is 0 Å². The highest BCUT2D eigenvalue weighted by atomic mass is 32.1. The molecule has 1 heterocycles. The van der Waals surface area contributed by atoms with Crippen LogP contribution in [0.4, 0.5) is 17.1 Å². The number of nitrogens with zero attached hydrogens (tertiary/aromatic N) is 1. The second-order valence-electron chi connectivity index (χ2n) is 8.53. The molecular weight excluding hydrogens is 446 g/mol. The van der Waals surface area contributed by atoms with Crippen molar-refractivity contribution in [3.8, 4) is 21.6 Å². The summed E-state index contributed by atoms with van der Waals surface area (Å²) in [7, 11) is 0. The summed E-state index contributed by atoms with van der Waals surface area (Å²) < 4.78 is 0. The van der Waals surface area contributed by atoms with E-state index in [0.717, 1.165) is 51.5 Å². The molecule has 3 heteroatoms. The van der Waals surface area contributed by atoms with Crippen molar-refractivity contribution in [1.29, 1.82) is 0 Å². The second-order valence-corrected chi connectivity index (χ2v) is 9.65. The monoisotopic (exact) mass is 473 g/mol. The highest BCUT2D eigenvalue weighted by Crippen LogP contribution is 2.37. The van der Waals surface area contributed by atoms with Gasteiger partial charge in [-0.3, -0.25) is 4.79 Å². The Hall–Kier alpha value is -3.95. The number of aryl methyl sites for hydroxylation is 1. The van der Waals surface area contributed by atoms with Crippen LogP contribution in [0.3, 0.4) is 0 Å². The quantitative estimate of drug-likeness (QED) is 0.209. The zero-order valence-electron chi connectivity index (χ0n) is 19.7. The summed E-state index contributed by atoms with van der Waals surface area (Å²) in [6, 6.07) is 40.5. The van der Waals surface area contributed by atoms with Gasteiger partial charge in [-0.05, 0) is 77.2 Å². The minimum absolute atomic E-state index is 0.747. The van der Waals surface area contributed by atoms with Crippen LogP contribution >= 0.6 is 11.3 Å². The molecule has 0 saturated carbocycles. The number of benzene rings is 4. The molecule has 4 aromatic carbocycles. The van der Waals surface area contributed by atoms with Gasteiger partial charge in [-0.25, -0.2) is 0 Å². The van der Waals surface area contributed by atoms with Gasteiger partial charge in [0.2, 0.25) is 0 Å². The van der Waals surface area contributed by atoms with Gasteiger partial charge in [0.15, 0.2) is 6.29 Å². The fourth-order valence-corrected chi connectivity index (χ4v) is 5.16. The van der Waals surface area contributed by atoms with Crippen LogP contribution in [-0.4, -0.2) is 6.29 Å². The predicted octanol–water partition coefficient (Wildman–Crippen LogP) is 9.32. The molecule has 0 N–H and O–H groups in total. The Kier molecular flexibility index (Phi) is 6.87. The molecule has 5 rings (SSSR count). The van der Waals surface area contributed by atoms with Crippen molar-refractivity contribution < 1.29 is 4.79 Å². The van der Waals surface area contributed by atoms with Gasteiger partial charge in [0, 0.05) is 21.9 Å². The molecule has 0 amide bonds. The number of aldehydes is 1. The van der Waals surface area contributed by atoms with E-state index in [1.165, 1.54) is 28.0 Å². The lowest BCUT2D eigenvalue weighted by Crippen LogP contribution is -2.09. The number of carbonyl (C=O) groups excluding carboxylic acids is 1. The zero-order valence-corrected chi connectivity index (χ0v) is 20.5. The van der Waals surface area contributed by atoms with Gasteiger partial charge >= 0.3 is 0 Å². The molecule has 0 fully saturated rings. The third kappa shape index (κ3) is 5.11. The number of hydrogen-bond acceptors (Lipinski definition) is 3. The molecule has 0 aliphatic heterocycles. The molecule has 5 aromatic rings. The van der Waals surface area contributed by atoms with Crippen molar-refractivity contribution in [2.75, 3.05) is 4.90 Å². The molecule has 0 spiro atoms. The molecule has 0 saturated heterocycles. The third-order valence-corrected chi connectivity index (χ3v) is 7.18. The molecule has 172 valence electrons. The number of carbonyl (C=O) groups is 1. The fourth-order valence-electron chi connectivity index (χ4n) is 4.33. The van der Waals surface area contributed by atoms with E-state index in [-0.39, 0.29) is 0 Å². The van der Waals surface area contributed by atoms with Crippen LogP contribution in [0.1, 0.15) is 28.6 Å². The number of hydrogen-bond donors (Lipinski definition) is 0. The van der Waals surface area contributed by atoms with Crippen molar-refractivity contribution in [1.82, 2.24) is 0 Å². The first-order valence-corrected chi connectivity index (χ1v) is 12.8. The lowest BCUT2D eigenvalue weighted by atomic mass is 10.0. The number of rotatable bonds is 8. The summed E-state index contributed by atoms with van der Waals surface area (Å²) in [6.45, 7) is 2.21. The molecule has 0 aliphatic carbocycles. The smallest absolute Gasteiger partial charge is 0.160 e. The number of thiophene rings is 1. The molecule has 0 unspecified atom stereocenters. The van der Waals surface area contributed by atoms with Crippen LogP contribution in [0.15, 0.2) is 115 Å². The van der Waals surface area contributed by atoms with E-state index < -0.39 is 0 Å². The molecule has 0 aliphatic rings. The molecule has 0 bridgehead atoms. The Balaban J connectivity index is 1.51. The summed E-state index contributed by atoms with van der Waals surface area (Å²) in [6.07, 6.45) is 3.13. The first-order valence-electron chi connectivity index (χ1n) is 11.9. The Morgan fingerprint density at radius 2 is 1.17 bits per heavy atom. The molecule has 2 nitrogen and oxygen atoms in total. The Bertz CT molecular complexity index is 1390. The Labute approximate surface area is 211 Å². The van der Waals surface area contributed by atoms with E-state index in [1.807, 2.05) is 18.2 Å². The van der Waals surface area contributed by atoms with Gasteiger partial charge in [0.25, 0.3) is 0 Å². The molecule has 0 radical (unpaired) electrons. The SMILES string of the molecule is CCCc1ccc(N(c2ccc(-c3ccccc3)cc2)c2ccc(-c3ccc(C=O)s3)cc2)cc1. The lowest BCUT2D eigenvalue weighted by Gasteiger charge is -2.26. The maximum Gasteiger partial charge on any atom is 0.160 e. The van der Waals surface area contributed by atoms with Gasteiger partial charge < -0.3 is 4.90 Å². The van der Waals surface area contributed by atoms with Crippen LogP contribution in [0.25, 0.3) is 21.6 Å². The molecule has 35 heavy (non-hydrogen) atoms. The van der Waals surface area contributed by atoms with E-state index in [9.17, 15) is 4.79 Å². The summed E-state index contributed by atoms with van der Waals surface area (Å²) in [4.78, 5) is 15.2. The van der Waals surface area contributed by atoms with Crippen molar-refractivity contribution in [3.05, 3.63) is 126 Å². The van der Waals surface area contributed by atoms with Crippen LogP contribution in [-0.2, 0) is 6.42 Å². The van der Waals surface area contributed by atoms with Crippen LogP contribution in [0.2, 0.25) is 0 Å². The highest BCUT2D eigenvalue weighted by molar-refractivity contribution is 7.17. The second kappa shape index (κ2) is 10.5. The summed E-state index contributed by atoms with van der Waals surface area (Å²) >= 11 is 1.52. The van der Waals surface area contributed by atoms with Crippen molar-refractivity contribution in [2.45, 2.75) is 19.8 Å². The normalized spacial score (nSPS) is 10.8. The molecule has 0 atom stereocenters. The van der Waals surface area contributed by atoms with Crippen LogP contribution in [0.5, 0.6) is 0 Å². The van der Waals surface area contributed by atoms with Gasteiger partial charge in [-0.2, -0.15) is 0 Å². The van der Waals surface area contributed by atoms with Crippen molar-refractivity contribution in [3.63, 3.8) is 0 Å². The lowest BCUT2D eigenvalue weighted by molar-refractivity contribution is 0.112. The first-order chi connectivity index (χ1) is 17.2. The van der Waals surface area contributed by atoms with Crippen LogP contribution in [0, 0.1) is 0 Å². The number of anilines is 3. The summed E-state index contributed by atoms with van der Waals surface area (Å²) in [5, 5.41) is 0. The van der Waals surface area contributed by atoms with Gasteiger partial charge in [-0.1, -0.05) is 80.1 Å². The minimum atomic E-state index is 0.747. The predicted molar refractivity (Wildman–Crippen MR) is 149 cm³/mol. The van der Waals surface area contributed by atoms with Gasteiger partial charge in [0.05, 0.1) is 4.88 Å². The van der Waals surface area contributed by atoms with E-state index in [1.54, 1.807) is 0 Å². The fraction of sp³-hybridized carbons (Fsp3) is 0.0938. The maximum atomic E-state index is 11.1. The zero-order chi connectivity index (χ0) is 24.0. The average Bonchev–Trinajstić information content (AvgIpc) is 3.41. The van der Waals surface area contributed by atoms with E-state index in [0.29, 0.717) is 0 Å². The first kappa shape index (κ1) is 22.8. The molecule has 1 aromatic heterocycles. The van der Waals surface area contributed by atoms with Crippen molar-refractivity contribution in [2.24, 2.45) is 0 Å². The Morgan fingerprint density at radius 1 is 0.629 bits per heavy atom. The van der Waals surface area contributed by atoms with E-state index in [4.69, 9.17) is 0 Å². The summed E-state index contributed by atoms with van der Waals surface area (Å²) in [5.74, 6) is 0.